The van der Waals surface area contributed by atoms with E-state index >= 15 is 0 Å². The lowest BCUT2D eigenvalue weighted by Crippen LogP contribution is -1.87. The molecule has 0 amide bonds. The maximum atomic E-state index is 5.95. The van der Waals surface area contributed by atoms with E-state index in [-0.39, 0.29) is 0 Å². The number of anilines is 1. The van der Waals surface area contributed by atoms with Gasteiger partial charge in [-0.25, -0.2) is 0 Å². The van der Waals surface area contributed by atoms with Crippen molar-refractivity contribution in [3.8, 4) is 0 Å². The fraction of sp³-hybridized carbons (Fsp3) is 0.0667. The van der Waals surface area contributed by atoms with Crippen molar-refractivity contribution in [2.45, 2.75) is 10.6 Å². The van der Waals surface area contributed by atoms with Crippen molar-refractivity contribution in [3.05, 3.63) is 59.5 Å². The summed E-state index contributed by atoms with van der Waals surface area (Å²) in [6.45, 7) is 0. The third-order valence-electron chi connectivity index (χ3n) is 2.86. The van der Waals surface area contributed by atoms with Crippen LogP contribution in [-0.2, 0) is 5.75 Å². The van der Waals surface area contributed by atoms with Gasteiger partial charge in [0.25, 0.3) is 0 Å². The van der Waals surface area contributed by atoms with E-state index in [1.807, 2.05) is 29.5 Å². The Morgan fingerprint density at radius 3 is 2.67 bits per heavy atom. The van der Waals surface area contributed by atoms with Gasteiger partial charge in [0.2, 0.25) is 0 Å². The predicted octanol–water partition coefficient (Wildman–Crippen LogP) is 4.78. The average Bonchev–Trinajstić information content (AvgIpc) is 2.81. The molecular formula is C15H13NS2. The van der Waals surface area contributed by atoms with E-state index in [1.54, 1.807) is 11.8 Å². The molecule has 0 aliphatic carbocycles. The third-order valence-corrected chi connectivity index (χ3v) is 5.01. The lowest BCUT2D eigenvalue weighted by Gasteiger charge is -2.04. The van der Waals surface area contributed by atoms with Gasteiger partial charge in [-0.3, -0.25) is 0 Å². The Morgan fingerprint density at radius 2 is 1.78 bits per heavy atom. The average molecular weight is 271 g/mol. The second-order valence-electron chi connectivity index (χ2n) is 4.08. The van der Waals surface area contributed by atoms with E-state index in [4.69, 9.17) is 5.73 Å². The van der Waals surface area contributed by atoms with Crippen molar-refractivity contribution < 1.29 is 0 Å². The fourth-order valence-corrected chi connectivity index (χ4v) is 3.94. The van der Waals surface area contributed by atoms with Gasteiger partial charge in [0.15, 0.2) is 0 Å². The highest BCUT2D eigenvalue weighted by Crippen LogP contribution is 2.33. The number of rotatable bonds is 3. The zero-order chi connectivity index (χ0) is 12.4. The summed E-state index contributed by atoms with van der Waals surface area (Å²) in [7, 11) is 0. The molecule has 90 valence electrons. The first kappa shape index (κ1) is 11.6. The van der Waals surface area contributed by atoms with Gasteiger partial charge < -0.3 is 5.73 Å². The summed E-state index contributed by atoms with van der Waals surface area (Å²) in [4.78, 5) is 1.16. The molecule has 1 nitrogen and oxygen atoms in total. The number of thioether (sulfide) groups is 1. The van der Waals surface area contributed by atoms with E-state index in [2.05, 4.69) is 35.7 Å². The summed E-state index contributed by atoms with van der Waals surface area (Å²) in [6, 6.07) is 16.6. The molecule has 0 bridgehead atoms. The van der Waals surface area contributed by atoms with E-state index < -0.39 is 0 Å². The van der Waals surface area contributed by atoms with Crippen LogP contribution in [0.3, 0.4) is 0 Å². The van der Waals surface area contributed by atoms with E-state index in [9.17, 15) is 0 Å². The first-order chi connectivity index (χ1) is 8.84. The molecule has 1 heterocycles. The van der Waals surface area contributed by atoms with Crippen LogP contribution >= 0.6 is 23.1 Å². The molecule has 1 aromatic heterocycles. The Hall–Kier alpha value is -1.45. The van der Waals surface area contributed by atoms with Gasteiger partial charge in [-0.15, -0.1) is 23.1 Å². The molecule has 18 heavy (non-hydrogen) atoms. The van der Waals surface area contributed by atoms with Crippen molar-refractivity contribution in [1.82, 2.24) is 0 Å². The van der Waals surface area contributed by atoms with Crippen molar-refractivity contribution in [3.63, 3.8) is 0 Å². The number of fused-ring (bicyclic) bond motifs is 1. The Bertz CT molecular complexity index is 673. The molecule has 0 aliphatic heterocycles. The van der Waals surface area contributed by atoms with Crippen LogP contribution in [0.2, 0.25) is 0 Å². The topological polar surface area (TPSA) is 26.0 Å². The van der Waals surface area contributed by atoms with E-state index in [0.717, 1.165) is 16.3 Å². The molecular weight excluding hydrogens is 258 g/mol. The standard InChI is InChI=1S/C15H13NS2/c16-13-6-2-4-8-15(13)18-10-11-9-17-14-7-3-1-5-12(11)14/h1-9H,10,16H2. The van der Waals surface area contributed by atoms with Crippen LogP contribution in [0.5, 0.6) is 0 Å². The maximum Gasteiger partial charge on any atom is 0.0452 e. The fourth-order valence-electron chi connectivity index (χ4n) is 1.91. The molecule has 0 spiro atoms. The van der Waals surface area contributed by atoms with Gasteiger partial charge in [-0.05, 0) is 34.5 Å². The summed E-state index contributed by atoms with van der Waals surface area (Å²) >= 11 is 3.61. The Morgan fingerprint density at radius 1 is 1.00 bits per heavy atom. The molecule has 0 saturated heterocycles. The highest BCUT2D eigenvalue weighted by atomic mass is 32.2. The quantitative estimate of drug-likeness (QED) is 0.548. The zero-order valence-corrected chi connectivity index (χ0v) is 11.4. The second-order valence-corrected chi connectivity index (χ2v) is 6.01. The van der Waals surface area contributed by atoms with Crippen LogP contribution in [0.4, 0.5) is 5.69 Å². The van der Waals surface area contributed by atoms with Crippen molar-refractivity contribution in [1.29, 1.82) is 0 Å². The normalized spacial score (nSPS) is 10.9. The van der Waals surface area contributed by atoms with Gasteiger partial charge >= 0.3 is 0 Å². The molecule has 0 fully saturated rings. The van der Waals surface area contributed by atoms with Gasteiger partial charge in [0.05, 0.1) is 0 Å². The highest BCUT2D eigenvalue weighted by Gasteiger charge is 2.05. The van der Waals surface area contributed by atoms with E-state index in [0.29, 0.717) is 0 Å². The van der Waals surface area contributed by atoms with Crippen LogP contribution in [0.1, 0.15) is 5.56 Å². The first-order valence-corrected chi connectivity index (χ1v) is 7.63. The van der Waals surface area contributed by atoms with Gasteiger partial charge in [-0.2, -0.15) is 0 Å². The molecule has 0 atom stereocenters. The predicted molar refractivity (Wildman–Crippen MR) is 82.2 cm³/mol. The Labute approximate surface area is 115 Å². The Balaban J connectivity index is 1.83. The summed E-state index contributed by atoms with van der Waals surface area (Å²) in [5.41, 5.74) is 8.21. The highest BCUT2D eigenvalue weighted by molar-refractivity contribution is 7.98. The van der Waals surface area contributed by atoms with Crippen molar-refractivity contribution in [2.75, 3.05) is 5.73 Å². The van der Waals surface area contributed by atoms with Crippen molar-refractivity contribution in [2.24, 2.45) is 0 Å². The van der Waals surface area contributed by atoms with E-state index in [1.165, 1.54) is 15.6 Å². The number of nitrogens with two attached hydrogens (primary N) is 1. The minimum absolute atomic E-state index is 0.863. The molecule has 0 saturated carbocycles. The monoisotopic (exact) mass is 271 g/mol. The summed E-state index contributed by atoms with van der Waals surface area (Å²) in [5.74, 6) is 0.970. The lowest BCUT2D eigenvalue weighted by atomic mass is 10.2. The molecule has 2 aromatic carbocycles. The largest absolute Gasteiger partial charge is 0.398 e. The molecule has 3 rings (SSSR count). The number of benzene rings is 2. The Kier molecular flexibility index (Phi) is 3.26. The third kappa shape index (κ3) is 2.24. The van der Waals surface area contributed by atoms with Crippen LogP contribution < -0.4 is 5.73 Å². The molecule has 3 aromatic rings. The number of para-hydroxylation sites is 1. The molecule has 2 N–H and O–H groups in total. The minimum atomic E-state index is 0.863. The summed E-state index contributed by atoms with van der Waals surface area (Å²) in [5, 5.41) is 3.61. The van der Waals surface area contributed by atoms with Gasteiger partial charge in [0, 0.05) is 21.0 Å². The van der Waals surface area contributed by atoms with Crippen LogP contribution in [-0.4, -0.2) is 0 Å². The molecule has 3 heteroatoms. The second kappa shape index (κ2) is 5.04. The SMILES string of the molecule is Nc1ccccc1SCc1csc2ccccc12. The minimum Gasteiger partial charge on any atom is -0.398 e. The number of hydrogen-bond donors (Lipinski definition) is 1. The number of hydrogen-bond acceptors (Lipinski definition) is 3. The molecule has 0 radical (unpaired) electrons. The molecule has 0 aliphatic rings. The summed E-state index contributed by atoms with van der Waals surface area (Å²) < 4.78 is 1.36. The molecule has 0 unspecified atom stereocenters. The lowest BCUT2D eigenvalue weighted by molar-refractivity contribution is 1.42. The van der Waals surface area contributed by atoms with Crippen LogP contribution in [0.25, 0.3) is 10.1 Å². The maximum absolute atomic E-state index is 5.95. The van der Waals surface area contributed by atoms with Crippen LogP contribution in [0, 0.1) is 0 Å². The summed E-state index contributed by atoms with van der Waals surface area (Å²) in [6.07, 6.45) is 0. The van der Waals surface area contributed by atoms with Crippen molar-refractivity contribution >= 4 is 38.9 Å². The van der Waals surface area contributed by atoms with Crippen LogP contribution in [0.15, 0.2) is 58.8 Å². The van der Waals surface area contributed by atoms with Gasteiger partial charge in [-0.1, -0.05) is 30.3 Å². The number of thiophene rings is 1. The zero-order valence-electron chi connectivity index (χ0n) is 9.80. The smallest absolute Gasteiger partial charge is 0.0452 e. The first-order valence-electron chi connectivity index (χ1n) is 5.77. The van der Waals surface area contributed by atoms with Gasteiger partial charge in [0.1, 0.15) is 0 Å². The number of nitrogen functional groups attached to an aromatic ring is 1.